The van der Waals surface area contributed by atoms with Crippen LogP contribution in [-0.4, -0.2) is 4.98 Å². The van der Waals surface area contributed by atoms with Crippen molar-refractivity contribution in [1.82, 2.24) is 4.98 Å². The lowest BCUT2D eigenvalue weighted by Crippen LogP contribution is -1.96. The highest BCUT2D eigenvalue weighted by Gasteiger charge is 2.05. The molecule has 16 heavy (non-hydrogen) atoms. The molecule has 0 spiro atoms. The predicted octanol–water partition coefficient (Wildman–Crippen LogP) is 4.12. The molecule has 0 amide bonds. The van der Waals surface area contributed by atoms with Crippen LogP contribution < -0.4 is 0 Å². The Morgan fingerprint density at radius 3 is 2.38 bits per heavy atom. The van der Waals surface area contributed by atoms with Gasteiger partial charge in [-0.25, -0.2) is 4.39 Å². The Bertz CT molecular complexity index is 497. The summed E-state index contributed by atoms with van der Waals surface area (Å²) in [6.07, 6.45) is 1.87. The average molecular weight is 256 g/mol. The van der Waals surface area contributed by atoms with Gasteiger partial charge in [0.25, 0.3) is 0 Å². The molecule has 1 heterocycles. The Kier molecular flexibility index (Phi) is 3.42. The van der Waals surface area contributed by atoms with E-state index >= 15 is 0 Å². The molecule has 1 nitrogen and oxygen atoms in total. The van der Waals surface area contributed by atoms with E-state index in [1.807, 2.05) is 12.1 Å². The number of hydrogen-bond acceptors (Lipinski definition) is 1. The molecule has 0 radical (unpaired) electrons. The molecule has 0 aliphatic carbocycles. The number of halogens is 3. The zero-order valence-corrected chi connectivity index (χ0v) is 9.76. The molecule has 82 valence electrons. The summed E-state index contributed by atoms with van der Waals surface area (Å²) in [5.74, 6) is -0.387. The molecule has 0 unspecified atom stereocenters. The quantitative estimate of drug-likeness (QED) is 0.787. The van der Waals surface area contributed by atoms with E-state index in [0.717, 1.165) is 5.56 Å². The van der Waals surface area contributed by atoms with Gasteiger partial charge in [-0.3, -0.25) is 4.98 Å². The third kappa shape index (κ3) is 2.71. The second kappa shape index (κ2) is 4.81. The predicted molar refractivity (Wildman–Crippen MR) is 63.5 cm³/mol. The second-order valence-corrected chi connectivity index (χ2v) is 4.26. The molecular formula is C12H8Cl2FN. The van der Waals surface area contributed by atoms with E-state index in [4.69, 9.17) is 23.2 Å². The van der Waals surface area contributed by atoms with Gasteiger partial charge in [0.05, 0.1) is 10.7 Å². The smallest absolute Gasteiger partial charge is 0.146 e. The minimum atomic E-state index is -0.387. The van der Waals surface area contributed by atoms with E-state index in [1.165, 1.54) is 12.3 Å². The summed E-state index contributed by atoms with van der Waals surface area (Å²) in [6, 6.07) is 8.49. The van der Waals surface area contributed by atoms with Crippen LogP contribution in [0.1, 0.15) is 11.3 Å². The molecule has 0 saturated heterocycles. The van der Waals surface area contributed by atoms with Gasteiger partial charge in [0.1, 0.15) is 5.82 Å². The van der Waals surface area contributed by atoms with E-state index in [9.17, 15) is 4.39 Å². The lowest BCUT2D eigenvalue weighted by atomic mass is 10.1. The van der Waals surface area contributed by atoms with Crippen LogP contribution in [-0.2, 0) is 6.42 Å². The standard InChI is InChI=1S/C12H8Cl2FN/c13-9-3-1-8(2-4-9)5-12-11(15)6-10(14)7-16-12/h1-4,6-7H,5H2. The fourth-order valence-corrected chi connectivity index (χ4v) is 1.64. The Balaban J connectivity index is 2.23. The van der Waals surface area contributed by atoms with Crippen molar-refractivity contribution in [1.29, 1.82) is 0 Å². The maximum absolute atomic E-state index is 13.4. The average Bonchev–Trinajstić information content (AvgIpc) is 2.25. The van der Waals surface area contributed by atoms with Crippen LogP contribution in [0.2, 0.25) is 10.0 Å². The third-order valence-corrected chi connectivity index (χ3v) is 2.63. The molecule has 2 aromatic rings. The van der Waals surface area contributed by atoms with Crippen molar-refractivity contribution in [3.63, 3.8) is 0 Å². The molecule has 0 saturated carbocycles. The van der Waals surface area contributed by atoms with E-state index < -0.39 is 0 Å². The second-order valence-electron chi connectivity index (χ2n) is 3.39. The largest absolute Gasteiger partial charge is 0.256 e. The summed E-state index contributed by atoms with van der Waals surface area (Å²) >= 11 is 11.4. The van der Waals surface area contributed by atoms with E-state index in [1.54, 1.807) is 12.1 Å². The monoisotopic (exact) mass is 255 g/mol. The van der Waals surface area contributed by atoms with Crippen LogP contribution in [0.5, 0.6) is 0 Å². The van der Waals surface area contributed by atoms with E-state index in [0.29, 0.717) is 22.2 Å². The summed E-state index contributed by atoms with van der Waals surface area (Å²) < 4.78 is 13.4. The number of hydrogen-bond donors (Lipinski definition) is 0. The number of rotatable bonds is 2. The molecule has 0 atom stereocenters. The summed E-state index contributed by atoms with van der Waals surface area (Å²) in [7, 11) is 0. The Morgan fingerprint density at radius 2 is 1.75 bits per heavy atom. The van der Waals surface area contributed by atoms with Crippen LogP contribution in [0.25, 0.3) is 0 Å². The summed E-state index contributed by atoms with van der Waals surface area (Å²) in [4.78, 5) is 3.96. The first-order chi connectivity index (χ1) is 7.65. The summed E-state index contributed by atoms with van der Waals surface area (Å²) in [5, 5.41) is 0.964. The Morgan fingerprint density at radius 1 is 1.06 bits per heavy atom. The summed E-state index contributed by atoms with van der Waals surface area (Å²) in [6.45, 7) is 0. The fourth-order valence-electron chi connectivity index (χ4n) is 1.37. The maximum Gasteiger partial charge on any atom is 0.146 e. The van der Waals surface area contributed by atoms with Crippen LogP contribution in [0.4, 0.5) is 4.39 Å². The first-order valence-corrected chi connectivity index (χ1v) is 5.45. The van der Waals surface area contributed by atoms with Crippen molar-refractivity contribution in [2.45, 2.75) is 6.42 Å². The normalized spacial score (nSPS) is 10.4. The van der Waals surface area contributed by atoms with Crippen LogP contribution >= 0.6 is 23.2 Å². The van der Waals surface area contributed by atoms with Crippen LogP contribution in [0.3, 0.4) is 0 Å². The van der Waals surface area contributed by atoms with Gasteiger partial charge in [0.2, 0.25) is 0 Å². The molecule has 1 aromatic heterocycles. The zero-order chi connectivity index (χ0) is 11.5. The van der Waals surface area contributed by atoms with Gasteiger partial charge >= 0.3 is 0 Å². The number of aromatic nitrogens is 1. The minimum absolute atomic E-state index is 0.303. The van der Waals surface area contributed by atoms with E-state index in [2.05, 4.69) is 4.98 Å². The number of pyridine rings is 1. The van der Waals surface area contributed by atoms with Crippen molar-refractivity contribution in [3.05, 3.63) is 63.6 Å². The summed E-state index contributed by atoms with van der Waals surface area (Å²) in [5.41, 5.74) is 1.34. The van der Waals surface area contributed by atoms with Crippen molar-refractivity contribution >= 4 is 23.2 Å². The highest BCUT2D eigenvalue weighted by Crippen LogP contribution is 2.16. The zero-order valence-electron chi connectivity index (χ0n) is 8.25. The molecule has 0 aliphatic rings. The van der Waals surface area contributed by atoms with Crippen molar-refractivity contribution in [2.75, 3.05) is 0 Å². The molecule has 1 aromatic carbocycles. The highest BCUT2D eigenvalue weighted by atomic mass is 35.5. The highest BCUT2D eigenvalue weighted by molar-refractivity contribution is 6.30. The van der Waals surface area contributed by atoms with Gasteiger partial charge in [-0.05, 0) is 23.8 Å². The minimum Gasteiger partial charge on any atom is -0.256 e. The number of benzene rings is 1. The molecular weight excluding hydrogens is 248 g/mol. The third-order valence-electron chi connectivity index (χ3n) is 2.17. The molecule has 0 aliphatic heterocycles. The number of nitrogens with zero attached hydrogens (tertiary/aromatic N) is 1. The van der Waals surface area contributed by atoms with Gasteiger partial charge in [-0.15, -0.1) is 0 Å². The lowest BCUT2D eigenvalue weighted by Gasteiger charge is -2.03. The van der Waals surface area contributed by atoms with Gasteiger partial charge < -0.3 is 0 Å². The molecule has 0 bridgehead atoms. The molecule has 0 fully saturated rings. The maximum atomic E-state index is 13.4. The van der Waals surface area contributed by atoms with E-state index in [-0.39, 0.29) is 5.82 Å². The van der Waals surface area contributed by atoms with Gasteiger partial charge in [-0.1, -0.05) is 35.3 Å². The van der Waals surface area contributed by atoms with Gasteiger partial charge in [-0.2, -0.15) is 0 Å². The molecule has 0 N–H and O–H groups in total. The first kappa shape index (κ1) is 11.4. The SMILES string of the molecule is Fc1cc(Cl)cnc1Cc1ccc(Cl)cc1. The Labute approximate surface area is 103 Å². The van der Waals surface area contributed by atoms with Crippen LogP contribution in [0.15, 0.2) is 36.5 Å². The molecule has 4 heteroatoms. The fraction of sp³-hybridized carbons (Fsp3) is 0.0833. The Hall–Kier alpha value is -1.12. The van der Waals surface area contributed by atoms with Crippen molar-refractivity contribution in [3.8, 4) is 0 Å². The first-order valence-electron chi connectivity index (χ1n) is 4.69. The van der Waals surface area contributed by atoms with Crippen molar-refractivity contribution < 1.29 is 4.39 Å². The topological polar surface area (TPSA) is 12.9 Å². The van der Waals surface area contributed by atoms with Gasteiger partial charge in [0.15, 0.2) is 0 Å². The lowest BCUT2D eigenvalue weighted by molar-refractivity contribution is 0.604. The van der Waals surface area contributed by atoms with Gasteiger partial charge in [0, 0.05) is 17.6 Å². The van der Waals surface area contributed by atoms with Crippen molar-refractivity contribution in [2.24, 2.45) is 0 Å². The molecule has 2 rings (SSSR count). The van der Waals surface area contributed by atoms with Crippen LogP contribution in [0, 0.1) is 5.82 Å².